The molecule has 0 bridgehead atoms. The third-order valence-corrected chi connectivity index (χ3v) is 7.13. The number of non-ortho nitro benzene ring substituents is 1. The number of fused-ring (bicyclic) bond motifs is 1. The van der Waals surface area contributed by atoms with Crippen molar-refractivity contribution in [1.29, 1.82) is 0 Å². The van der Waals surface area contributed by atoms with Crippen LogP contribution < -0.4 is 4.90 Å². The van der Waals surface area contributed by atoms with Crippen molar-refractivity contribution in [2.24, 2.45) is 0 Å². The predicted molar refractivity (Wildman–Crippen MR) is 134 cm³/mol. The standard InChI is InChI=1S/C21H20Cl2N4O4S.ClH/c1-13-16(22)4-5-18-19(13)24-21(32-18)26(7-6-25-8-10-31-11-9-25)20(28)15-12-14(27(29)30)2-3-17(15)23;/h2-5,12H,6-11H2,1H3;1H. The van der Waals surface area contributed by atoms with Crippen LogP contribution >= 0.6 is 46.9 Å². The Hall–Kier alpha value is -2.01. The molecule has 0 spiro atoms. The highest BCUT2D eigenvalue weighted by molar-refractivity contribution is 7.22. The van der Waals surface area contributed by atoms with Gasteiger partial charge in [0.15, 0.2) is 5.13 Å². The highest BCUT2D eigenvalue weighted by Crippen LogP contribution is 2.35. The number of benzene rings is 2. The SMILES string of the molecule is Cc1c(Cl)ccc2sc(N(CCN3CCOCC3)C(=O)c3cc([N+](=O)[O-])ccc3Cl)nc12.Cl. The summed E-state index contributed by atoms with van der Waals surface area (Å²) in [6.07, 6.45) is 0. The predicted octanol–water partition coefficient (Wildman–Crippen LogP) is 5.22. The molecule has 1 saturated heterocycles. The van der Waals surface area contributed by atoms with E-state index in [1.54, 1.807) is 11.0 Å². The molecule has 1 fully saturated rings. The summed E-state index contributed by atoms with van der Waals surface area (Å²) in [5.41, 5.74) is 1.43. The van der Waals surface area contributed by atoms with Crippen LogP contribution in [-0.2, 0) is 4.74 Å². The first kappa shape index (κ1) is 25.6. The number of rotatable bonds is 6. The van der Waals surface area contributed by atoms with Gasteiger partial charge in [0.25, 0.3) is 11.6 Å². The fraction of sp³-hybridized carbons (Fsp3) is 0.333. The molecule has 8 nitrogen and oxygen atoms in total. The number of halogens is 3. The van der Waals surface area contributed by atoms with Crippen molar-refractivity contribution in [3.05, 3.63) is 61.6 Å². The number of thiazole rings is 1. The smallest absolute Gasteiger partial charge is 0.270 e. The zero-order valence-electron chi connectivity index (χ0n) is 17.6. The van der Waals surface area contributed by atoms with Gasteiger partial charge in [-0.2, -0.15) is 0 Å². The zero-order valence-corrected chi connectivity index (χ0v) is 20.8. The molecule has 176 valence electrons. The average Bonchev–Trinajstić information content (AvgIpc) is 3.22. The Bertz CT molecular complexity index is 1180. The second-order valence-electron chi connectivity index (χ2n) is 7.35. The fourth-order valence-electron chi connectivity index (χ4n) is 3.49. The molecular formula is C21H21Cl3N4O4S. The molecule has 1 aliphatic heterocycles. The maximum absolute atomic E-state index is 13.6. The minimum atomic E-state index is -0.547. The van der Waals surface area contributed by atoms with Crippen molar-refractivity contribution in [2.75, 3.05) is 44.3 Å². The molecule has 0 unspecified atom stereocenters. The highest BCUT2D eigenvalue weighted by Gasteiger charge is 2.26. The molecule has 2 heterocycles. The molecule has 0 radical (unpaired) electrons. The maximum atomic E-state index is 13.6. The lowest BCUT2D eigenvalue weighted by atomic mass is 10.1. The molecule has 1 amide bonds. The molecule has 1 aliphatic rings. The first-order valence-electron chi connectivity index (χ1n) is 9.96. The molecule has 0 N–H and O–H groups in total. The van der Waals surface area contributed by atoms with Crippen LogP contribution in [-0.4, -0.2) is 60.1 Å². The molecular weight excluding hydrogens is 511 g/mol. The van der Waals surface area contributed by atoms with Crippen molar-refractivity contribution in [1.82, 2.24) is 9.88 Å². The summed E-state index contributed by atoms with van der Waals surface area (Å²) in [4.78, 5) is 32.7. The minimum absolute atomic E-state index is 0. The Labute approximate surface area is 210 Å². The van der Waals surface area contributed by atoms with Crippen LogP contribution in [0.2, 0.25) is 10.0 Å². The summed E-state index contributed by atoms with van der Waals surface area (Å²) in [6, 6.07) is 7.53. The normalized spacial score (nSPS) is 14.2. The number of ether oxygens (including phenoxy) is 1. The van der Waals surface area contributed by atoms with Crippen LogP contribution in [0.5, 0.6) is 0 Å². The van der Waals surface area contributed by atoms with Crippen LogP contribution in [0.25, 0.3) is 10.2 Å². The van der Waals surface area contributed by atoms with Crippen LogP contribution in [0.4, 0.5) is 10.8 Å². The van der Waals surface area contributed by atoms with Crippen LogP contribution in [0.1, 0.15) is 15.9 Å². The number of hydrogen-bond donors (Lipinski definition) is 0. The second kappa shape index (κ2) is 10.9. The molecule has 3 aromatic rings. The van der Waals surface area contributed by atoms with E-state index in [0.29, 0.717) is 36.5 Å². The van der Waals surface area contributed by atoms with Gasteiger partial charge >= 0.3 is 0 Å². The Balaban J connectivity index is 0.00000306. The van der Waals surface area contributed by atoms with E-state index in [-0.39, 0.29) is 28.7 Å². The van der Waals surface area contributed by atoms with E-state index in [4.69, 9.17) is 27.9 Å². The van der Waals surface area contributed by atoms with E-state index in [1.807, 2.05) is 13.0 Å². The first-order chi connectivity index (χ1) is 15.3. The van der Waals surface area contributed by atoms with Gasteiger partial charge < -0.3 is 4.74 Å². The number of carbonyl (C=O) groups is 1. The summed E-state index contributed by atoms with van der Waals surface area (Å²) in [6.45, 7) is 5.67. The number of nitro benzene ring substituents is 1. The largest absolute Gasteiger partial charge is 0.379 e. The Morgan fingerprint density at radius 1 is 1.24 bits per heavy atom. The van der Waals surface area contributed by atoms with E-state index >= 15 is 0 Å². The van der Waals surface area contributed by atoms with Gasteiger partial charge in [0.05, 0.1) is 38.9 Å². The van der Waals surface area contributed by atoms with Crippen molar-refractivity contribution in [3.8, 4) is 0 Å². The lowest BCUT2D eigenvalue weighted by Gasteiger charge is -2.29. The van der Waals surface area contributed by atoms with Crippen molar-refractivity contribution in [3.63, 3.8) is 0 Å². The number of hydrogen-bond acceptors (Lipinski definition) is 7. The van der Waals surface area contributed by atoms with Gasteiger partial charge in [0.2, 0.25) is 0 Å². The van der Waals surface area contributed by atoms with Crippen LogP contribution in [0.15, 0.2) is 30.3 Å². The van der Waals surface area contributed by atoms with Gasteiger partial charge in [-0.05, 0) is 30.7 Å². The third kappa shape index (κ3) is 5.56. The van der Waals surface area contributed by atoms with Gasteiger partial charge in [0.1, 0.15) is 0 Å². The lowest BCUT2D eigenvalue weighted by Crippen LogP contribution is -2.43. The van der Waals surface area contributed by atoms with Gasteiger partial charge in [-0.15, -0.1) is 12.4 Å². The van der Waals surface area contributed by atoms with Gasteiger partial charge in [-0.3, -0.25) is 24.7 Å². The number of anilines is 1. The summed E-state index contributed by atoms with van der Waals surface area (Å²) >= 11 is 13.9. The van der Waals surface area contributed by atoms with Gasteiger partial charge in [0, 0.05) is 43.3 Å². The van der Waals surface area contributed by atoms with Gasteiger partial charge in [-0.25, -0.2) is 4.98 Å². The number of morpholine rings is 1. The number of aryl methyl sites for hydroxylation is 1. The summed E-state index contributed by atoms with van der Waals surface area (Å²) in [7, 11) is 0. The Kier molecular flexibility index (Phi) is 8.49. The monoisotopic (exact) mass is 530 g/mol. The Morgan fingerprint density at radius 2 is 1.94 bits per heavy atom. The van der Waals surface area contributed by atoms with Crippen molar-refractivity contribution >= 4 is 73.9 Å². The van der Waals surface area contributed by atoms with Gasteiger partial charge in [-0.1, -0.05) is 34.5 Å². The Morgan fingerprint density at radius 3 is 2.64 bits per heavy atom. The van der Waals surface area contributed by atoms with E-state index in [9.17, 15) is 14.9 Å². The molecule has 0 saturated carbocycles. The van der Waals surface area contributed by atoms with Crippen LogP contribution in [0.3, 0.4) is 0 Å². The van der Waals surface area contributed by atoms with Crippen molar-refractivity contribution < 1.29 is 14.5 Å². The highest BCUT2D eigenvalue weighted by atomic mass is 35.5. The first-order valence-corrected chi connectivity index (χ1v) is 11.5. The van der Waals surface area contributed by atoms with E-state index in [2.05, 4.69) is 9.88 Å². The minimum Gasteiger partial charge on any atom is -0.379 e. The molecule has 2 aromatic carbocycles. The molecule has 33 heavy (non-hydrogen) atoms. The van der Waals surface area contributed by atoms with E-state index in [1.165, 1.54) is 29.5 Å². The number of amides is 1. The average molecular weight is 532 g/mol. The third-order valence-electron chi connectivity index (χ3n) is 5.35. The quantitative estimate of drug-likeness (QED) is 0.320. The number of aromatic nitrogens is 1. The number of nitro groups is 1. The van der Waals surface area contributed by atoms with Crippen molar-refractivity contribution in [2.45, 2.75) is 6.92 Å². The van der Waals surface area contributed by atoms with E-state index in [0.717, 1.165) is 28.9 Å². The number of carbonyl (C=O) groups excluding carboxylic acids is 1. The fourth-order valence-corrected chi connectivity index (χ4v) is 4.89. The number of nitrogens with zero attached hydrogens (tertiary/aromatic N) is 4. The molecule has 1 aromatic heterocycles. The molecule has 4 rings (SSSR count). The topological polar surface area (TPSA) is 88.8 Å². The summed E-state index contributed by atoms with van der Waals surface area (Å²) < 4.78 is 6.30. The molecule has 12 heteroatoms. The maximum Gasteiger partial charge on any atom is 0.270 e. The summed E-state index contributed by atoms with van der Waals surface area (Å²) in [5, 5.41) is 12.5. The lowest BCUT2D eigenvalue weighted by molar-refractivity contribution is -0.384. The van der Waals surface area contributed by atoms with Crippen LogP contribution in [0, 0.1) is 17.0 Å². The second-order valence-corrected chi connectivity index (χ2v) is 9.17. The van der Waals surface area contributed by atoms with E-state index < -0.39 is 10.8 Å². The molecule has 0 aliphatic carbocycles. The summed E-state index contributed by atoms with van der Waals surface area (Å²) in [5.74, 6) is -0.435. The molecule has 0 atom stereocenters. The zero-order chi connectivity index (χ0) is 22.8.